The van der Waals surface area contributed by atoms with Crippen LogP contribution in [0.15, 0.2) is 53.4 Å². The summed E-state index contributed by atoms with van der Waals surface area (Å²) in [5.74, 6) is 0. The highest BCUT2D eigenvalue weighted by Gasteiger charge is 2.12. The zero-order chi connectivity index (χ0) is 15.3. The van der Waals surface area contributed by atoms with Gasteiger partial charge in [-0.15, -0.1) is 0 Å². The Labute approximate surface area is 124 Å². The molecule has 0 fully saturated rings. The van der Waals surface area contributed by atoms with Crippen molar-refractivity contribution in [2.75, 3.05) is 18.9 Å². The fourth-order valence-corrected chi connectivity index (χ4v) is 2.95. The van der Waals surface area contributed by atoms with Crippen molar-refractivity contribution in [3.05, 3.63) is 48.5 Å². The standard InChI is InChI=1S/C15H18N2O3S/c16-14-6-2-12(3-7-14)13-4-8-15(9-5-13)21(19,20)17-10-1-11-18/h2-9,17-18H,1,10-11,16H2. The first-order valence-corrected chi connectivity index (χ1v) is 8.08. The minimum absolute atomic E-state index is 0.0431. The van der Waals surface area contributed by atoms with Crippen molar-refractivity contribution in [2.45, 2.75) is 11.3 Å². The second-order valence-corrected chi connectivity index (χ2v) is 6.39. The first kappa shape index (κ1) is 15.5. The monoisotopic (exact) mass is 306 g/mol. The smallest absolute Gasteiger partial charge is 0.240 e. The Hall–Kier alpha value is -1.89. The number of sulfonamides is 1. The van der Waals surface area contributed by atoms with Gasteiger partial charge in [0.25, 0.3) is 0 Å². The second kappa shape index (κ2) is 6.71. The second-order valence-electron chi connectivity index (χ2n) is 4.62. The molecule has 112 valence electrons. The zero-order valence-corrected chi connectivity index (χ0v) is 12.3. The van der Waals surface area contributed by atoms with E-state index >= 15 is 0 Å². The number of benzene rings is 2. The maximum absolute atomic E-state index is 12.0. The Morgan fingerprint density at radius 3 is 2.00 bits per heavy atom. The normalized spacial score (nSPS) is 11.5. The fraction of sp³-hybridized carbons (Fsp3) is 0.200. The van der Waals surface area contributed by atoms with Gasteiger partial charge in [-0.2, -0.15) is 0 Å². The van der Waals surface area contributed by atoms with Crippen molar-refractivity contribution >= 4 is 15.7 Å². The number of hydrogen-bond acceptors (Lipinski definition) is 4. The van der Waals surface area contributed by atoms with Gasteiger partial charge < -0.3 is 10.8 Å². The van der Waals surface area contributed by atoms with Gasteiger partial charge in [-0.3, -0.25) is 0 Å². The van der Waals surface area contributed by atoms with Crippen molar-refractivity contribution in [3.63, 3.8) is 0 Å². The maximum Gasteiger partial charge on any atom is 0.240 e. The van der Waals surface area contributed by atoms with E-state index in [0.717, 1.165) is 11.1 Å². The molecule has 0 radical (unpaired) electrons. The molecule has 0 amide bonds. The highest BCUT2D eigenvalue weighted by atomic mass is 32.2. The predicted octanol–water partition coefficient (Wildman–Crippen LogP) is 1.60. The Morgan fingerprint density at radius 2 is 1.48 bits per heavy atom. The van der Waals surface area contributed by atoms with Gasteiger partial charge in [0.05, 0.1) is 4.90 Å². The lowest BCUT2D eigenvalue weighted by Crippen LogP contribution is -2.25. The number of hydrogen-bond donors (Lipinski definition) is 3. The van der Waals surface area contributed by atoms with E-state index in [0.29, 0.717) is 12.1 Å². The van der Waals surface area contributed by atoms with Crippen LogP contribution in [-0.4, -0.2) is 26.7 Å². The van der Waals surface area contributed by atoms with Gasteiger partial charge in [-0.05, 0) is 41.8 Å². The molecule has 5 nitrogen and oxygen atoms in total. The molecule has 0 unspecified atom stereocenters. The average molecular weight is 306 g/mol. The third kappa shape index (κ3) is 4.04. The van der Waals surface area contributed by atoms with Gasteiger partial charge in [-0.25, -0.2) is 13.1 Å². The van der Waals surface area contributed by atoms with Gasteiger partial charge in [0.2, 0.25) is 10.0 Å². The molecule has 6 heteroatoms. The van der Waals surface area contributed by atoms with E-state index in [1.807, 2.05) is 12.1 Å². The van der Waals surface area contributed by atoms with E-state index in [-0.39, 0.29) is 18.0 Å². The average Bonchev–Trinajstić information content (AvgIpc) is 2.48. The lowest BCUT2D eigenvalue weighted by atomic mass is 10.1. The molecule has 2 aromatic rings. The summed E-state index contributed by atoms with van der Waals surface area (Å²) in [4.78, 5) is 0.208. The number of rotatable bonds is 6. The summed E-state index contributed by atoms with van der Waals surface area (Å²) in [6.07, 6.45) is 0.392. The Kier molecular flexibility index (Phi) is 4.95. The molecule has 0 saturated carbocycles. The summed E-state index contributed by atoms with van der Waals surface area (Å²) in [5, 5.41) is 8.67. The van der Waals surface area contributed by atoms with Gasteiger partial charge in [0.1, 0.15) is 0 Å². The molecular formula is C15H18N2O3S. The molecule has 0 aliphatic heterocycles. The van der Waals surface area contributed by atoms with Crippen LogP contribution in [-0.2, 0) is 10.0 Å². The minimum Gasteiger partial charge on any atom is -0.399 e. The quantitative estimate of drug-likeness (QED) is 0.558. The molecule has 0 aliphatic carbocycles. The van der Waals surface area contributed by atoms with Crippen molar-refractivity contribution < 1.29 is 13.5 Å². The molecule has 0 atom stereocenters. The molecule has 0 aliphatic rings. The number of nitrogen functional groups attached to an aromatic ring is 1. The van der Waals surface area contributed by atoms with Gasteiger partial charge in [0, 0.05) is 18.8 Å². The van der Waals surface area contributed by atoms with Crippen LogP contribution in [0.4, 0.5) is 5.69 Å². The predicted molar refractivity (Wildman–Crippen MR) is 83.2 cm³/mol. The summed E-state index contributed by atoms with van der Waals surface area (Å²) < 4.78 is 26.4. The van der Waals surface area contributed by atoms with Crippen molar-refractivity contribution in [1.82, 2.24) is 4.72 Å². The van der Waals surface area contributed by atoms with Crippen molar-refractivity contribution in [2.24, 2.45) is 0 Å². The van der Waals surface area contributed by atoms with Crippen LogP contribution < -0.4 is 10.5 Å². The first-order chi connectivity index (χ1) is 10.0. The molecule has 2 aromatic carbocycles. The molecule has 2 rings (SSSR count). The molecule has 0 spiro atoms. The number of aliphatic hydroxyl groups is 1. The maximum atomic E-state index is 12.0. The van der Waals surface area contributed by atoms with Gasteiger partial charge in [-0.1, -0.05) is 24.3 Å². The Balaban J connectivity index is 2.17. The van der Waals surface area contributed by atoms with Crippen LogP contribution in [0.3, 0.4) is 0 Å². The molecule has 21 heavy (non-hydrogen) atoms. The van der Waals surface area contributed by atoms with Crippen LogP contribution in [0, 0.1) is 0 Å². The van der Waals surface area contributed by atoms with Crippen LogP contribution >= 0.6 is 0 Å². The largest absolute Gasteiger partial charge is 0.399 e. The van der Waals surface area contributed by atoms with E-state index in [1.54, 1.807) is 36.4 Å². The molecule has 0 saturated heterocycles. The number of aliphatic hydroxyl groups excluding tert-OH is 1. The van der Waals surface area contributed by atoms with Crippen LogP contribution in [0.25, 0.3) is 11.1 Å². The summed E-state index contributed by atoms with van der Waals surface area (Å²) in [7, 11) is -3.52. The van der Waals surface area contributed by atoms with E-state index in [9.17, 15) is 8.42 Å². The molecule has 4 N–H and O–H groups in total. The zero-order valence-electron chi connectivity index (χ0n) is 11.5. The molecule has 0 aromatic heterocycles. The third-order valence-corrected chi connectivity index (χ3v) is 4.51. The van der Waals surface area contributed by atoms with Crippen molar-refractivity contribution in [1.29, 1.82) is 0 Å². The fourth-order valence-electron chi connectivity index (χ4n) is 1.87. The topological polar surface area (TPSA) is 92.4 Å². The highest BCUT2D eigenvalue weighted by Crippen LogP contribution is 2.22. The van der Waals surface area contributed by atoms with E-state index in [1.165, 1.54) is 0 Å². The molecular weight excluding hydrogens is 288 g/mol. The summed E-state index contributed by atoms with van der Waals surface area (Å²) in [5.41, 5.74) is 8.22. The Bertz CT molecular complexity index is 680. The lowest BCUT2D eigenvalue weighted by molar-refractivity contribution is 0.289. The van der Waals surface area contributed by atoms with Crippen LogP contribution in [0.5, 0.6) is 0 Å². The first-order valence-electron chi connectivity index (χ1n) is 6.59. The number of nitrogens with two attached hydrogens (primary N) is 1. The van der Waals surface area contributed by atoms with E-state index < -0.39 is 10.0 Å². The summed E-state index contributed by atoms with van der Waals surface area (Å²) in [6, 6.07) is 14.0. The number of anilines is 1. The Morgan fingerprint density at radius 1 is 0.952 bits per heavy atom. The summed E-state index contributed by atoms with van der Waals surface area (Å²) in [6.45, 7) is 0.178. The van der Waals surface area contributed by atoms with E-state index in [4.69, 9.17) is 10.8 Å². The third-order valence-electron chi connectivity index (χ3n) is 3.04. The van der Waals surface area contributed by atoms with E-state index in [2.05, 4.69) is 4.72 Å². The SMILES string of the molecule is Nc1ccc(-c2ccc(S(=O)(=O)NCCCO)cc2)cc1. The molecule has 0 heterocycles. The van der Waals surface area contributed by atoms with Gasteiger partial charge >= 0.3 is 0 Å². The minimum atomic E-state index is -3.52. The number of nitrogens with one attached hydrogen (secondary N) is 1. The summed E-state index contributed by atoms with van der Waals surface area (Å²) >= 11 is 0. The van der Waals surface area contributed by atoms with Crippen molar-refractivity contribution in [3.8, 4) is 11.1 Å². The molecule has 0 bridgehead atoms. The van der Waals surface area contributed by atoms with Crippen LogP contribution in [0.1, 0.15) is 6.42 Å². The van der Waals surface area contributed by atoms with Gasteiger partial charge in [0.15, 0.2) is 0 Å². The highest BCUT2D eigenvalue weighted by molar-refractivity contribution is 7.89. The lowest BCUT2D eigenvalue weighted by Gasteiger charge is -2.07. The van der Waals surface area contributed by atoms with Crippen LogP contribution in [0.2, 0.25) is 0 Å².